The van der Waals surface area contributed by atoms with Crippen LogP contribution in [-0.4, -0.2) is 35.3 Å². The van der Waals surface area contributed by atoms with Crippen molar-refractivity contribution in [3.63, 3.8) is 0 Å². The average Bonchev–Trinajstić information content (AvgIpc) is 2.73. The molecule has 1 aliphatic heterocycles. The quantitative estimate of drug-likeness (QED) is 0.901. The minimum atomic E-state index is -0.294. The van der Waals surface area contributed by atoms with Gasteiger partial charge in [0.05, 0.1) is 22.6 Å². The Bertz CT molecular complexity index is 689. The van der Waals surface area contributed by atoms with Crippen LogP contribution in [0.2, 0.25) is 0 Å². The summed E-state index contributed by atoms with van der Waals surface area (Å²) in [6.07, 6.45) is 0. The van der Waals surface area contributed by atoms with E-state index in [0.717, 1.165) is 24.5 Å². The summed E-state index contributed by atoms with van der Waals surface area (Å²) < 4.78 is 14.7. The zero-order chi connectivity index (χ0) is 15.7. The zero-order valence-corrected chi connectivity index (χ0v) is 12.7. The van der Waals surface area contributed by atoms with Gasteiger partial charge in [0.2, 0.25) is 0 Å². The minimum absolute atomic E-state index is 0.102. The highest BCUT2D eigenvalue weighted by atomic mass is 19.1. The molecule has 0 unspecified atom stereocenters. The van der Waals surface area contributed by atoms with Crippen molar-refractivity contribution in [3.8, 4) is 5.69 Å². The minimum Gasteiger partial charge on any atom is -0.352 e. The van der Waals surface area contributed by atoms with Gasteiger partial charge in [-0.25, -0.2) is 9.07 Å². The normalized spacial score (nSPS) is 14.7. The van der Waals surface area contributed by atoms with Gasteiger partial charge in [0.15, 0.2) is 0 Å². The molecule has 1 amide bonds. The second-order valence-electron chi connectivity index (χ2n) is 5.67. The van der Waals surface area contributed by atoms with E-state index >= 15 is 0 Å². The molecule has 0 radical (unpaired) electrons. The van der Waals surface area contributed by atoms with E-state index in [2.05, 4.69) is 15.7 Å². The van der Waals surface area contributed by atoms with Crippen LogP contribution in [0, 0.1) is 25.6 Å². The Morgan fingerprint density at radius 2 is 2.05 bits per heavy atom. The fourth-order valence-corrected chi connectivity index (χ4v) is 2.62. The molecule has 5 nitrogen and oxygen atoms in total. The molecule has 22 heavy (non-hydrogen) atoms. The monoisotopic (exact) mass is 302 g/mol. The van der Waals surface area contributed by atoms with E-state index in [9.17, 15) is 9.18 Å². The SMILES string of the molecule is Cc1nn(-c2ccc(F)cc2)c(C)c1C(=O)NCC1CNC1. The molecular weight excluding hydrogens is 283 g/mol. The molecule has 1 fully saturated rings. The standard InChI is InChI=1S/C16H19FN4O/c1-10-15(16(22)19-9-12-7-18-8-12)11(2)21(20-10)14-5-3-13(17)4-6-14/h3-6,12,18H,7-9H2,1-2H3,(H,19,22). The van der Waals surface area contributed by atoms with Crippen molar-refractivity contribution in [3.05, 3.63) is 47.0 Å². The van der Waals surface area contributed by atoms with Crippen LogP contribution in [0.15, 0.2) is 24.3 Å². The Hall–Kier alpha value is -2.21. The highest BCUT2D eigenvalue weighted by molar-refractivity contribution is 5.96. The lowest BCUT2D eigenvalue weighted by Crippen LogP contribution is -2.48. The first kappa shape index (κ1) is 14.7. The van der Waals surface area contributed by atoms with Gasteiger partial charge in [0.25, 0.3) is 5.91 Å². The zero-order valence-electron chi connectivity index (χ0n) is 12.7. The molecule has 116 valence electrons. The third-order valence-electron chi connectivity index (χ3n) is 4.01. The van der Waals surface area contributed by atoms with E-state index < -0.39 is 0 Å². The van der Waals surface area contributed by atoms with Gasteiger partial charge in [0.1, 0.15) is 5.82 Å². The lowest BCUT2D eigenvalue weighted by Gasteiger charge is -2.27. The Kier molecular flexibility index (Phi) is 3.94. The topological polar surface area (TPSA) is 59.0 Å². The van der Waals surface area contributed by atoms with Gasteiger partial charge in [-0.1, -0.05) is 0 Å². The van der Waals surface area contributed by atoms with Gasteiger partial charge < -0.3 is 10.6 Å². The van der Waals surface area contributed by atoms with Crippen LogP contribution in [0.3, 0.4) is 0 Å². The summed E-state index contributed by atoms with van der Waals surface area (Å²) in [6.45, 7) is 6.24. The van der Waals surface area contributed by atoms with Gasteiger partial charge in [-0.3, -0.25) is 4.79 Å². The van der Waals surface area contributed by atoms with E-state index in [4.69, 9.17) is 0 Å². The maximum absolute atomic E-state index is 13.0. The van der Waals surface area contributed by atoms with E-state index in [1.54, 1.807) is 16.8 Å². The Balaban J connectivity index is 1.82. The lowest BCUT2D eigenvalue weighted by molar-refractivity contribution is 0.0941. The molecule has 0 saturated carbocycles. The van der Waals surface area contributed by atoms with E-state index in [1.165, 1.54) is 12.1 Å². The fourth-order valence-electron chi connectivity index (χ4n) is 2.62. The molecule has 2 aromatic rings. The maximum atomic E-state index is 13.0. The van der Waals surface area contributed by atoms with Crippen LogP contribution in [0.5, 0.6) is 0 Å². The summed E-state index contributed by atoms with van der Waals surface area (Å²) in [5.41, 5.74) is 2.76. The number of aromatic nitrogens is 2. The van der Waals surface area contributed by atoms with Crippen LogP contribution in [-0.2, 0) is 0 Å². The Morgan fingerprint density at radius 1 is 1.36 bits per heavy atom. The molecule has 2 heterocycles. The van der Waals surface area contributed by atoms with Crippen LogP contribution in [0.1, 0.15) is 21.7 Å². The van der Waals surface area contributed by atoms with Gasteiger partial charge in [0, 0.05) is 25.6 Å². The Morgan fingerprint density at radius 3 is 2.64 bits per heavy atom. The smallest absolute Gasteiger partial charge is 0.255 e. The first-order valence-electron chi connectivity index (χ1n) is 7.37. The maximum Gasteiger partial charge on any atom is 0.255 e. The molecule has 0 bridgehead atoms. The number of nitrogens with zero attached hydrogens (tertiary/aromatic N) is 2. The van der Waals surface area contributed by atoms with Crippen molar-refractivity contribution in [1.82, 2.24) is 20.4 Å². The molecule has 0 aliphatic carbocycles. The number of rotatable bonds is 4. The van der Waals surface area contributed by atoms with E-state index in [1.807, 2.05) is 13.8 Å². The first-order chi connectivity index (χ1) is 10.6. The molecule has 2 N–H and O–H groups in total. The summed E-state index contributed by atoms with van der Waals surface area (Å²) in [5, 5.41) is 10.6. The largest absolute Gasteiger partial charge is 0.352 e. The number of nitrogens with one attached hydrogen (secondary N) is 2. The van der Waals surface area contributed by atoms with Crippen LogP contribution in [0.4, 0.5) is 4.39 Å². The molecule has 1 aromatic carbocycles. The molecule has 3 rings (SSSR count). The second kappa shape index (κ2) is 5.88. The summed E-state index contributed by atoms with van der Waals surface area (Å²) in [6, 6.07) is 6.07. The number of hydrogen-bond acceptors (Lipinski definition) is 3. The van der Waals surface area contributed by atoms with Crippen molar-refractivity contribution in [2.24, 2.45) is 5.92 Å². The van der Waals surface area contributed by atoms with Gasteiger partial charge in [-0.15, -0.1) is 0 Å². The highest BCUT2D eigenvalue weighted by Crippen LogP contribution is 2.18. The second-order valence-corrected chi connectivity index (χ2v) is 5.67. The van der Waals surface area contributed by atoms with Crippen molar-refractivity contribution >= 4 is 5.91 Å². The lowest BCUT2D eigenvalue weighted by atomic mass is 10.0. The van der Waals surface area contributed by atoms with Gasteiger partial charge >= 0.3 is 0 Å². The van der Waals surface area contributed by atoms with Crippen molar-refractivity contribution < 1.29 is 9.18 Å². The molecule has 0 spiro atoms. The third-order valence-corrected chi connectivity index (χ3v) is 4.01. The van der Waals surface area contributed by atoms with Gasteiger partial charge in [-0.2, -0.15) is 5.10 Å². The number of halogens is 1. The fraction of sp³-hybridized carbons (Fsp3) is 0.375. The number of hydrogen-bond donors (Lipinski definition) is 2. The predicted octanol–water partition coefficient (Wildman–Crippen LogP) is 1.58. The van der Waals surface area contributed by atoms with Crippen LogP contribution < -0.4 is 10.6 Å². The van der Waals surface area contributed by atoms with Gasteiger partial charge in [-0.05, 0) is 38.1 Å². The molecular formula is C16H19FN4O. The number of benzene rings is 1. The number of carbonyl (C=O) groups excluding carboxylic acids is 1. The molecule has 1 saturated heterocycles. The predicted molar refractivity (Wildman–Crippen MR) is 81.7 cm³/mol. The summed E-state index contributed by atoms with van der Waals surface area (Å²) >= 11 is 0. The molecule has 0 atom stereocenters. The van der Waals surface area contributed by atoms with Crippen LogP contribution >= 0.6 is 0 Å². The van der Waals surface area contributed by atoms with E-state index in [-0.39, 0.29) is 11.7 Å². The average molecular weight is 302 g/mol. The molecule has 1 aromatic heterocycles. The van der Waals surface area contributed by atoms with Crippen molar-refractivity contribution in [1.29, 1.82) is 0 Å². The summed E-state index contributed by atoms with van der Waals surface area (Å²) in [5.74, 6) is 0.115. The van der Waals surface area contributed by atoms with Crippen molar-refractivity contribution in [2.75, 3.05) is 19.6 Å². The molecule has 1 aliphatic rings. The molecule has 6 heteroatoms. The van der Waals surface area contributed by atoms with Crippen LogP contribution in [0.25, 0.3) is 5.69 Å². The Labute approximate surface area is 128 Å². The summed E-state index contributed by atoms with van der Waals surface area (Å²) in [7, 11) is 0. The van der Waals surface area contributed by atoms with Crippen molar-refractivity contribution in [2.45, 2.75) is 13.8 Å². The number of aryl methyl sites for hydroxylation is 1. The number of amides is 1. The highest BCUT2D eigenvalue weighted by Gasteiger charge is 2.22. The van der Waals surface area contributed by atoms with E-state index in [0.29, 0.717) is 23.7 Å². The number of carbonyl (C=O) groups is 1. The third kappa shape index (κ3) is 2.74. The summed E-state index contributed by atoms with van der Waals surface area (Å²) in [4.78, 5) is 12.4. The first-order valence-corrected chi connectivity index (χ1v) is 7.37.